The summed E-state index contributed by atoms with van der Waals surface area (Å²) in [5.74, 6) is -0.620. The molecule has 0 bridgehead atoms. The van der Waals surface area contributed by atoms with Crippen LogP contribution in [0, 0.1) is 0 Å². The fraction of sp³-hybridized carbons (Fsp3) is 1.00. The third-order valence-electron chi connectivity index (χ3n) is 0.737. The molecule has 0 aromatic carbocycles. The second-order valence-electron chi connectivity index (χ2n) is 1.91. The van der Waals surface area contributed by atoms with Crippen molar-refractivity contribution in [3.8, 4) is 0 Å². The molecule has 0 aliphatic heterocycles. The Morgan fingerprint density at radius 3 is 2.17 bits per heavy atom. The van der Waals surface area contributed by atoms with E-state index in [0.29, 0.717) is 0 Å². The highest BCUT2D eigenvalue weighted by Gasteiger charge is 2.27. The molecule has 3 nitrogen and oxygen atoms in total. The van der Waals surface area contributed by atoms with Crippen LogP contribution < -0.4 is 0 Å². The first-order valence-electron chi connectivity index (χ1n) is 2.77. The zero-order valence-electron chi connectivity index (χ0n) is 5.77. The summed E-state index contributed by atoms with van der Waals surface area (Å²) >= 11 is 0. The van der Waals surface area contributed by atoms with Crippen molar-refractivity contribution in [3.63, 3.8) is 0 Å². The van der Waals surface area contributed by atoms with Gasteiger partial charge in [-0.2, -0.15) is 13.2 Å². The van der Waals surface area contributed by atoms with E-state index in [2.05, 4.69) is 4.74 Å². The molecule has 0 N–H and O–H groups in total. The highest BCUT2D eigenvalue weighted by molar-refractivity contribution is 8.13. The highest BCUT2D eigenvalue weighted by atomic mass is 35.7. The molecule has 0 spiro atoms. The van der Waals surface area contributed by atoms with Gasteiger partial charge in [0.15, 0.2) is 0 Å². The van der Waals surface area contributed by atoms with Crippen molar-refractivity contribution in [2.45, 2.75) is 6.18 Å². The predicted molar refractivity (Wildman–Crippen MR) is 36.5 cm³/mol. The molecule has 74 valence electrons. The van der Waals surface area contributed by atoms with Gasteiger partial charge in [0.2, 0.25) is 9.05 Å². The topological polar surface area (TPSA) is 43.4 Å². The number of rotatable bonds is 4. The smallest absolute Gasteiger partial charge is 0.371 e. The molecule has 0 amide bonds. The van der Waals surface area contributed by atoms with Crippen LogP contribution in [0.5, 0.6) is 0 Å². The van der Waals surface area contributed by atoms with E-state index in [9.17, 15) is 21.6 Å². The van der Waals surface area contributed by atoms with Crippen molar-refractivity contribution < 1.29 is 26.3 Å². The maximum atomic E-state index is 11.4. The summed E-state index contributed by atoms with van der Waals surface area (Å²) < 4.78 is 58.4. The second-order valence-corrected chi connectivity index (χ2v) is 4.81. The van der Waals surface area contributed by atoms with Crippen molar-refractivity contribution in [2.24, 2.45) is 0 Å². The van der Waals surface area contributed by atoms with Gasteiger partial charge in [0, 0.05) is 10.7 Å². The van der Waals surface area contributed by atoms with Crippen LogP contribution in [0.1, 0.15) is 0 Å². The molecule has 0 heterocycles. The van der Waals surface area contributed by atoms with E-state index in [0.717, 1.165) is 0 Å². The van der Waals surface area contributed by atoms with E-state index >= 15 is 0 Å². The maximum absolute atomic E-state index is 11.4. The van der Waals surface area contributed by atoms with Crippen LogP contribution in [-0.2, 0) is 13.8 Å². The van der Waals surface area contributed by atoms with E-state index in [1.54, 1.807) is 0 Å². The Bertz CT molecular complexity index is 222. The lowest BCUT2D eigenvalue weighted by Crippen LogP contribution is -2.19. The molecule has 0 aromatic rings. The summed E-state index contributed by atoms with van der Waals surface area (Å²) in [5, 5.41) is 0. The summed E-state index contributed by atoms with van der Waals surface area (Å²) in [7, 11) is 0.932. The third-order valence-corrected chi connectivity index (χ3v) is 1.85. The lowest BCUT2D eigenvalue weighted by atomic mass is 10.7. The highest BCUT2D eigenvalue weighted by Crippen LogP contribution is 2.14. The Kier molecular flexibility index (Phi) is 4.29. The maximum Gasteiger partial charge on any atom is 0.411 e. The molecule has 0 aliphatic rings. The average Bonchev–Trinajstić information content (AvgIpc) is 1.76. The van der Waals surface area contributed by atoms with Gasteiger partial charge in [-0.1, -0.05) is 0 Å². The zero-order valence-corrected chi connectivity index (χ0v) is 7.34. The van der Waals surface area contributed by atoms with E-state index in [1.807, 2.05) is 0 Å². The lowest BCUT2D eigenvalue weighted by molar-refractivity contribution is -0.172. The molecule has 0 rings (SSSR count). The van der Waals surface area contributed by atoms with Gasteiger partial charge in [-0.15, -0.1) is 0 Å². The van der Waals surface area contributed by atoms with Crippen molar-refractivity contribution in [1.29, 1.82) is 0 Å². The van der Waals surface area contributed by atoms with Gasteiger partial charge < -0.3 is 4.74 Å². The number of alkyl halides is 3. The van der Waals surface area contributed by atoms with E-state index < -0.39 is 34.2 Å². The molecule has 0 unspecified atom stereocenters. The summed E-state index contributed by atoms with van der Waals surface area (Å²) in [4.78, 5) is 0. The normalized spacial score (nSPS) is 13.3. The SMILES string of the molecule is O=S(=O)(Cl)CCOCC(F)(F)F. The van der Waals surface area contributed by atoms with Gasteiger partial charge in [0.05, 0.1) is 12.4 Å². The first-order valence-corrected chi connectivity index (χ1v) is 5.25. The number of hydrogen-bond acceptors (Lipinski definition) is 3. The summed E-state index contributed by atoms with van der Waals surface area (Å²) in [6.07, 6.45) is -4.43. The van der Waals surface area contributed by atoms with Gasteiger partial charge in [-0.3, -0.25) is 0 Å². The van der Waals surface area contributed by atoms with Crippen LogP contribution in [0.25, 0.3) is 0 Å². The lowest BCUT2D eigenvalue weighted by Gasteiger charge is -2.05. The molecule has 0 atom stereocenters. The van der Waals surface area contributed by atoms with Gasteiger partial charge in [0.25, 0.3) is 0 Å². The van der Waals surface area contributed by atoms with E-state index in [-0.39, 0.29) is 0 Å². The molecule has 0 aromatic heterocycles. The molecule has 12 heavy (non-hydrogen) atoms. The van der Waals surface area contributed by atoms with Gasteiger partial charge in [0.1, 0.15) is 6.61 Å². The number of ether oxygens (including phenoxy) is 1. The quantitative estimate of drug-likeness (QED) is 0.533. The van der Waals surface area contributed by atoms with Crippen molar-refractivity contribution in [1.82, 2.24) is 0 Å². The third kappa shape index (κ3) is 9.99. The van der Waals surface area contributed by atoms with Crippen molar-refractivity contribution in [3.05, 3.63) is 0 Å². The van der Waals surface area contributed by atoms with Crippen LogP contribution in [0.3, 0.4) is 0 Å². The van der Waals surface area contributed by atoms with Crippen LogP contribution in [0.15, 0.2) is 0 Å². The molecular formula is C4H6ClF3O3S. The number of halogens is 4. The Labute approximate surface area is 71.9 Å². The molecular weight excluding hydrogens is 221 g/mol. The largest absolute Gasteiger partial charge is 0.411 e. The van der Waals surface area contributed by atoms with Crippen molar-refractivity contribution >= 4 is 19.7 Å². The minimum absolute atomic E-state index is 0.550. The molecule has 8 heteroatoms. The Morgan fingerprint density at radius 2 is 1.83 bits per heavy atom. The van der Waals surface area contributed by atoms with Gasteiger partial charge >= 0.3 is 6.18 Å². The monoisotopic (exact) mass is 226 g/mol. The van der Waals surface area contributed by atoms with Crippen LogP contribution >= 0.6 is 10.7 Å². The Balaban J connectivity index is 3.48. The predicted octanol–water partition coefficient (Wildman–Crippen LogP) is 1.13. The fourth-order valence-electron chi connectivity index (χ4n) is 0.346. The van der Waals surface area contributed by atoms with E-state index in [1.165, 1.54) is 0 Å². The second kappa shape index (κ2) is 4.29. The van der Waals surface area contributed by atoms with Crippen LogP contribution in [-0.4, -0.2) is 33.6 Å². The number of hydrogen-bond donors (Lipinski definition) is 0. The van der Waals surface area contributed by atoms with E-state index in [4.69, 9.17) is 10.7 Å². The first kappa shape index (κ1) is 12.0. The van der Waals surface area contributed by atoms with Gasteiger partial charge in [-0.25, -0.2) is 8.42 Å². The average molecular weight is 227 g/mol. The molecule has 0 fully saturated rings. The molecule has 0 saturated heterocycles. The molecule has 0 aliphatic carbocycles. The Morgan fingerprint density at radius 1 is 1.33 bits per heavy atom. The van der Waals surface area contributed by atoms with Crippen molar-refractivity contribution in [2.75, 3.05) is 19.0 Å². The van der Waals surface area contributed by atoms with Crippen LogP contribution in [0.2, 0.25) is 0 Å². The summed E-state index contributed by atoms with van der Waals surface area (Å²) in [6.45, 7) is -2.01. The minimum atomic E-state index is -4.43. The summed E-state index contributed by atoms with van der Waals surface area (Å²) in [6, 6.07) is 0. The summed E-state index contributed by atoms with van der Waals surface area (Å²) in [5.41, 5.74) is 0. The minimum Gasteiger partial charge on any atom is -0.371 e. The first-order chi connectivity index (χ1) is 5.21. The molecule has 0 radical (unpaired) electrons. The van der Waals surface area contributed by atoms with Gasteiger partial charge in [-0.05, 0) is 0 Å². The Hall–Kier alpha value is -0.0100. The molecule has 0 saturated carbocycles. The zero-order chi connectivity index (χ0) is 9.83. The standard InChI is InChI=1S/C4H6ClF3O3S/c5-12(9,10)2-1-11-3-4(6,7)8/h1-3H2. The fourth-order valence-corrected chi connectivity index (χ4v) is 0.852. The van der Waals surface area contributed by atoms with Crippen LogP contribution in [0.4, 0.5) is 13.2 Å².